The molecule has 1 aliphatic carbocycles. The summed E-state index contributed by atoms with van der Waals surface area (Å²) in [5.41, 5.74) is 10.6. The van der Waals surface area contributed by atoms with E-state index in [1.165, 1.54) is 11.3 Å². The van der Waals surface area contributed by atoms with Gasteiger partial charge in [0.05, 0.1) is 30.9 Å². The number of anilines is 1. The van der Waals surface area contributed by atoms with Crippen molar-refractivity contribution in [3.63, 3.8) is 0 Å². The van der Waals surface area contributed by atoms with Crippen molar-refractivity contribution in [3.05, 3.63) is 29.3 Å². The molecule has 1 aromatic rings. The first-order valence-corrected chi connectivity index (χ1v) is 11.8. The minimum Gasteiger partial charge on any atom is -0.445 e. The number of nitrogens with zero attached hydrogens (tertiary/aromatic N) is 1. The smallest absolute Gasteiger partial charge is 0.407 e. The molecule has 6 bridgehead atoms. The van der Waals surface area contributed by atoms with Crippen LogP contribution in [0.1, 0.15) is 49.3 Å². The van der Waals surface area contributed by atoms with E-state index in [-0.39, 0.29) is 24.8 Å². The first-order chi connectivity index (χ1) is 15.2. The molecule has 168 valence electrons. The summed E-state index contributed by atoms with van der Waals surface area (Å²) >= 11 is 0. The quantitative estimate of drug-likeness (QED) is 0.631. The number of carbonyl (C=O) groups is 1. The molecular formula is C23H32N4O4. The molecule has 6 atom stereocenters. The average Bonchev–Trinajstić information content (AvgIpc) is 3.52. The molecule has 8 nitrogen and oxygen atoms in total. The molecule has 3 saturated heterocycles. The number of benzene rings is 1. The van der Waals surface area contributed by atoms with Gasteiger partial charge < -0.3 is 24.4 Å². The lowest BCUT2D eigenvalue weighted by atomic mass is 9.78. The molecule has 5 aliphatic rings. The van der Waals surface area contributed by atoms with Gasteiger partial charge in [-0.2, -0.15) is 0 Å². The lowest BCUT2D eigenvalue weighted by Crippen LogP contribution is -2.37. The number of rotatable bonds is 1. The average molecular weight is 429 g/mol. The van der Waals surface area contributed by atoms with Crippen LogP contribution in [-0.4, -0.2) is 56.7 Å². The molecule has 4 unspecified atom stereocenters. The van der Waals surface area contributed by atoms with E-state index >= 15 is 0 Å². The molecule has 4 fully saturated rings. The molecule has 8 heteroatoms. The molecule has 1 amide bonds. The van der Waals surface area contributed by atoms with Gasteiger partial charge in [0.1, 0.15) is 6.61 Å². The maximum Gasteiger partial charge on any atom is 0.407 e. The van der Waals surface area contributed by atoms with Gasteiger partial charge in [0.2, 0.25) is 0 Å². The fourth-order valence-electron chi connectivity index (χ4n) is 6.06. The van der Waals surface area contributed by atoms with Gasteiger partial charge in [-0.15, -0.1) is 0 Å². The molecule has 3 N–H and O–H groups in total. The predicted molar refractivity (Wildman–Crippen MR) is 115 cm³/mol. The summed E-state index contributed by atoms with van der Waals surface area (Å²) in [7, 11) is 0. The second-order valence-electron chi connectivity index (χ2n) is 9.63. The van der Waals surface area contributed by atoms with E-state index in [0.717, 1.165) is 50.8 Å². The molecule has 1 saturated carbocycles. The Morgan fingerprint density at radius 2 is 2.00 bits per heavy atom. The van der Waals surface area contributed by atoms with Crippen LogP contribution in [-0.2, 0) is 20.8 Å². The summed E-state index contributed by atoms with van der Waals surface area (Å²) in [6.45, 7) is 3.26. The van der Waals surface area contributed by atoms with Gasteiger partial charge in [-0.25, -0.2) is 10.2 Å². The lowest BCUT2D eigenvalue weighted by molar-refractivity contribution is 0.00716. The van der Waals surface area contributed by atoms with E-state index in [4.69, 9.17) is 14.2 Å². The Balaban J connectivity index is 1.33. The second kappa shape index (κ2) is 8.24. The van der Waals surface area contributed by atoms with Gasteiger partial charge in [-0.1, -0.05) is 6.07 Å². The van der Waals surface area contributed by atoms with E-state index in [0.29, 0.717) is 37.3 Å². The van der Waals surface area contributed by atoms with Crippen LogP contribution >= 0.6 is 0 Å². The zero-order valence-corrected chi connectivity index (χ0v) is 17.8. The van der Waals surface area contributed by atoms with E-state index < -0.39 is 0 Å². The fraction of sp³-hybridized carbons (Fsp3) is 0.696. The molecule has 1 aromatic carbocycles. The first-order valence-electron chi connectivity index (χ1n) is 11.8. The third-order valence-corrected chi connectivity index (χ3v) is 7.61. The van der Waals surface area contributed by atoms with Crippen LogP contribution in [0.15, 0.2) is 18.2 Å². The largest absolute Gasteiger partial charge is 0.445 e. The third-order valence-electron chi connectivity index (χ3n) is 7.61. The summed E-state index contributed by atoms with van der Waals surface area (Å²) in [6.07, 6.45) is 5.43. The van der Waals surface area contributed by atoms with Crippen molar-refractivity contribution in [3.8, 4) is 0 Å². The number of hydrogen-bond donors (Lipinski definition) is 3. The predicted octanol–water partition coefficient (Wildman–Crippen LogP) is 2.00. The van der Waals surface area contributed by atoms with Crippen molar-refractivity contribution in [1.29, 1.82) is 0 Å². The van der Waals surface area contributed by atoms with Crippen LogP contribution in [0.3, 0.4) is 0 Å². The van der Waals surface area contributed by atoms with E-state index in [1.807, 2.05) is 0 Å². The lowest BCUT2D eigenvalue weighted by Gasteiger charge is -2.34. The summed E-state index contributed by atoms with van der Waals surface area (Å²) in [5.74, 6) is 0.492. The normalized spacial score (nSPS) is 37.7. The number of alkyl carbamates (subject to hydrolysis) is 1. The Hall–Kier alpha value is -1.87. The van der Waals surface area contributed by atoms with Crippen molar-refractivity contribution in [2.75, 3.05) is 31.2 Å². The highest BCUT2D eigenvalue weighted by Crippen LogP contribution is 2.41. The summed E-state index contributed by atoms with van der Waals surface area (Å²) < 4.78 is 17.5. The van der Waals surface area contributed by atoms with Crippen molar-refractivity contribution in [2.45, 2.75) is 69.0 Å². The van der Waals surface area contributed by atoms with Gasteiger partial charge in [-0.3, -0.25) is 5.43 Å². The zero-order valence-electron chi connectivity index (χ0n) is 17.8. The summed E-state index contributed by atoms with van der Waals surface area (Å²) in [6, 6.07) is 7.86. The van der Waals surface area contributed by atoms with Crippen LogP contribution in [0.25, 0.3) is 0 Å². The minimum absolute atomic E-state index is 0.227. The monoisotopic (exact) mass is 428 g/mol. The first kappa shape index (κ1) is 19.8. The van der Waals surface area contributed by atoms with Crippen LogP contribution < -0.4 is 21.1 Å². The topological polar surface area (TPSA) is 84.1 Å². The number of hydrazine groups is 1. The highest BCUT2D eigenvalue weighted by Gasteiger charge is 2.43. The number of ether oxygens (including phenoxy) is 3. The van der Waals surface area contributed by atoms with Gasteiger partial charge in [0, 0.05) is 31.4 Å². The number of hydrogen-bond acceptors (Lipinski definition) is 7. The summed E-state index contributed by atoms with van der Waals surface area (Å²) in [5, 5.41) is 2.84. The number of carbonyl (C=O) groups excluding carboxylic acids is 1. The highest BCUT2D eigenvalue weighted by atomic mass is 16.5. The number of cyclic esters (lactones) is 1. The van der Waals surface area contributed by atoms with Gasteiger partial charge in [-0.05, 0) is 61.3 Å². The molecule has 4 heterocycles. The number of amides is 1. The Labute approximate surface area is 182 Å². The molecular weight excluding hydrogens is 396 g/mol. The van der Waals surface area contributed by atoms with Crippen molar-refractivity contribution >= 4 is 11.8 Å². The zero-order chi connectivity index (χ0) is 20.8. The standard InChI is InChI=1S/C23H32N4O4/c28-23-24-4-1-5-29-18-2-3-21-20(10-18)22(26-25-21)15-6-14(12-31-23)7-16(8-15)27-11-19-9-17(27)13-30-19/h6-8,17-22,25-26H,1-5,9-13H2,(H,24,28)/t17-,18?,19-,20?,21?,22?/m0/s1. The van der Waals surface area contributed by atoms with Crippen LogP contribution in [0.5, 0.6) is 0 Å². The van der Waals surface area contributed by atoms with Crippen LogP contribution in [0.4, 0.5) is 10.5 Å². The Morgan fingerprint density at radius 3 is 2.87 bits per heavy atom. The SMILES string of the molecule is O=C1NCCCOC2CCC3NNC(c4cc(cc(N5C[C@@H]6C[C@H]5CO6)c4)CO1)C3C2. The van der Waals surface area contributed by atoms with Crippen molar-refractivity contribution < 1.29 is 19.0 Å². The Bertz CT molecular complexity index is 836. The number of nitrogens with one attached hydrogen (secondary N) is 3. The second-order valence-corrected chi connectivity index (χ2v) is 9.63. The van der Waals surface area contributed by atoms with E-state index in [2.05, 4.69) is 39.3 Å². The van der Waals surface area contributed by atoms with E-state index in [1.54, 1.807) is 0 Å². The Morgan fingerprint density at radius 1 is 1.03 bits per heavy atom. The van der Waals surface area contributed by atoms with Crippen molar-refractivity contribution in [2.24, 2.45) is 5.92 Å². The van der Waals surface area contributed by atoms with Crippen LogP contribution in [0, 0.1) is 5.92 Å². The molecule has 31 heavy (non-hydrogen) atoms. The highest BCUT2D eigenvalue weighted by molar-refractivity contribution is 5.67. The summed E-state index contributed by atoms with van der Waals surface area (Å²) in [4.78, 5) is 14.6. The Kier molecular flexibility index (Phi) is 5.26. The molecule has 0 radical (unpaired) electrons. The van der Waals surface area contributed by atoms with E-state index in [9.17, 15) is 4.79 Å². The van der Waals surface area contributed by atoms with Crippen LogP contribution in [0.2, 0.25) is 0 Å². The van der Waals surface area contributed by atoms with Gasteiger partial charge in [0.25, 0.3) is 0 Å². The molecule has 6 rings (SSSR count). The molecule has 4 aliphatic heterocycles. The minimum atomic E-state index is -0.366. The number of fused-ring (bicyclic) bond motifs is 6. The maximum atomic E-state index is 12.1. The van der Waals surface area contributed by atoms with Gasteiger partial charge in [0.15, 0.2) is 0 Å². The van der Waals surface area contributed by atoms with Gasteiger partial charge >= 0.3 is 6.09 Å². The molecule has 0 aromatic heterocycles. The fourth-order valence-corrected chi connectivity index (χ4v) is 6.06. The number of morpholine rings is 1. The van der Waals surface area contributed by atoms with Crippen molar-refractivity contribution in [1.82, 2.24) is 16.2 Å². The third kappa shape index (κ3) is 3.91. The maximum absolute atomic E-state index is 12.1. The molecule has 0 spiro atoms.